The number of nitrogens with one attached hydrogen (secondary N) is 1. The molecule has 0 saturated heterocycles. The Morgan fingerprint density at radius 3 is 2.30 bits per heavy atom. The topological polar surface area (TPSA) is 52.6 Å². The second kappa shape index (κ2) is 10.3. The first kappa shape index (κ1) is 24.7. The van der Waals surface area contributed by atoms with Gasteiger partial charge in [0.1, 0.15) is 29.7 Å². The van der Waals surface area contributed by atoms with Crippen LogP contribution in [0.25, 0.3) is 0 Å². The van der Waals surface area contributed by atoms with Crippen LogP contribution in [0.3, 0.4) is 0 Å². The van der Waals surface area contributed by atoms with E-state index in [2.05, 4.69) is 26.2 Å². The van der Waals surface area contributed by atoms with E-state index in [0.717, 1.165) is 28.1 Å². The molecular formula is C24H24BrF3N2O3. The summed E-state index contributed by atoms with van der Waals surface area (Å²) in [6.45, 7) is 4.49. The Balaban J connectivity index is 1.78. The maximum absolute atomic E-state index is 12.5. The van der Waals surface area contributed by atoms with Crippen molar-refractivity contribution in [2.24, 2.45) is 0 Å². The molecule has 2 aromatic carbocycles. The quantitative estimate of drug-likeness (QED) is 0.342. The van der Waals surface area contributed by atoms with E-state index in [9.17, 15) is 13.2 Å². The van der Waals surface area contributed by atoms with Crippen LogP contribution in [-0.4, -0.2) is 24.9 Å². The molecule has 3 aromatic rings. The number of alkyl halides is 3. The molecule has 0 spiro atoms. The minimum Gasteiger partial charge on any atom is -0.497 e. The normalized spacial score (nSPS) is 11.3. The first-order chi connectivity index (χ1) is 15.6. The van der Waals surface area contributed by atoms with Crippen LogP contribution in [0.2, 0.25) is 0 Å². The van der Waals surface area contributed by atoms with E-state index in [4.69, 9.17) is 14.2 Å². The van der Waals surface area contributed by atoms with Gasteiger partial charge >= 0.3 is 6.18 Å². The third-order valence-corrected chi connectivity index (χ3v) is 5.54. The van der Waals surface area contributed by atoms with Gasteiger partial charge in [-0.2, -0.15) is 13.2 Å². The molecule has 1 aromatic heterocycles. The van der Waals surface area contributed by atoms with E-state index < -0.39 is 12.8 Å². The number of benzene rings is 2. The van der Waals surface area contributed by atoms with Crippen LogP contribution >= 0.6 is 15.9 Å². The summed E-state index contributed by atoms with van der Waals surface area (Å²) >= 11 is 3.37. The second-order valence-electron chi connectivity index (χ2n) is 7.45. The van der Waals surface area contributed by atoms with Crippen molar-refractivity contribution in [1.29, 1.82) is 0 Å². The van der Waals surface area contributed by atoms with Crippen molar-refractivity contribution < 1.29 is 27.4 Å². The van der Waals surface area contributed by atoms with E-state index in [1.54, 1.807) is 14.0 Å². The predicted molar refractivity (Wildman–Crippen MR) is 125 cm³/mol. The Morgan fingerprint density at radius 1 is 0.970 bits per heavy atom. The maximum Gasteiger partial charge on any atom is 0.422 e. The zero-order valence-corrected chi connectivity index (χ0v) is 20.2. The van der Waals surface area contributed by atoms with Crippen LogP contribution in [0, 0.1) is 20.8 Å². The van der Waals surface area contributed by atoms with Crippen molar-refractivity contribution >= 4 is 27.4 Å². The smallest absolute Gasteiger partial charge is 0.422 e. The summed E-state index contributed by atoms with van der Waals surface area (Å²) in [6, 6.07) is 12.9. The highest BCUT2D eigenvalue weighted by Crippen LogP contribution is 2.35. The first-order valence-corrected chi connectivity index (χ1v) is 10.9. The van der Waals surface area contributed by atoms with Crippen LogP contribution in [0.15, 0.2) is 46.9 Å². The van der Waals surface area contributed by atoms with E-state index >= 15 is 0 Å². The number of ether oxygens (including phenoxy) is 3. The molecule has 176 valence electrons. The SMILES string of the molecule is COc1ccc(COc2ccc(C)c(Nc3nc(C)c(OCC(F)(F)F)cc3Br)c2C)cc1. The summed E-state index contributed by atoms with van der Waals surface area (Å²) in [4.78, 5) is 4.39. The minimum absolute atomic E-state index is 0.0646. The number of methoxy groups -OCH3 is 1. The molecule has 33 heavy (non-hydrogen) atoms. The van der Waals surface area contributed by atoms with Crippen LogP contribution in [-0.2, 0) is 6.61 Å². The number of rotatable bonds is 8. The molecule has 9 heteroatoms. The number of nitrogens with zero attached hydrogens (tertiary/aromatic N) is 1. The van der Waals surface area contributed by atoms with Gasteiger partial charge in [-0.05, 0) is 72.1 Å². The molecule has 0 saturated carbocycles. The lowest BCUT2D eigenvalue weighted by molar-refractivity contribution is -0.153. The standard InChI is InChI=1S/C24H24BrF3N2O3/c1-14-5-10-20(32-12-17-6-8-18(31-4)9-7-17)15(2)22(14)30-23-19(25)11-21(16(3)29-23)33-13-24(26,27)28/h5-11H,12-13H2,1-4H3,(H,29,30). The van der Waals surface area contributed by atoms with Gasteiger partial charge in [-0.15, -0.1) is 0 Å². The monoisotopic (exact) mass is 524 g/mol. The van der Waals surface area contributed by atoms with Crippen molar-refractivity contribution in [3.63, 3.8) is 0 Å². The van der Waals surface area contributed by atoms with Crippen LogP contribution in [0.1, 0.15) is 22.4 Å². The maximum atomic E-state index is 12.5. The number of aromatic nitrogens is 1. The van der Waals surface area contributed by atoms with Gasteiger partial charge in [-0.25, -0.2) is 4.98 Å². The van der Waals surface area contributed by atoms with Gasteiger partial charge in [0.15, 0.2) is 6.61 Å². The molecule has 0 aliphatic carbocycles. The van der Waals surface area contributed by atoms with E-state index in [1.807, 2.05) is 50.2 Å². The number of anilines is 2. The van der Waals surface area contributed by atoms with Gasteiger partial charge < -0.3 is 19.5 Å². The summed E-state index contributed by atoms with van der Waals surface area (Å²) in [5.41, 5.74) is 3.99. The van der Waals surface area contributed by atoms with E-state index in [1.165, 1.54) is 6.07 Å². The highest BCUT2D eigenvalue weighted by Gasteiger charge is 2.29. The Bertz CT molecular complexity index is 1120. The Kier molecular flexibility index (Phi) is 7.73. The summed E-state index contributed by atoms with van der Waals surface area (Å²) < 4.78 is 54.0. The summed E-state index contributed by atoms with van der Waals surface area (Å²) in [7, 11) is 1.62. The zero-order chi connectivity index (χ0) is 24.2. The molecule has 3 rings (SSSR count). The predicted octanol–water partition coefficient (Wildman–Crippen LogP) is 7.04. The summed E-state index contributed by atoms with van der Waals surface area (Å²) in [5.74, 6) is 2.01. The molecule has 0 atom stereocenters. The van der Waals surface area contributed by atoms with E-state index in [0.29, 0.717) is 28.3 Å². The Labute approximate surface area is 199 Å². The van der Waals surface area contributed by atoms with Crippen molar-refractivity contribution in [2.75, 3.05) is 19.0 Å². The number of hydrogen-bond acceptors (Lipinski definition) is 5. The molecule has 0 aliphatic rings. The minimum atomic E-state index is -4.42. The summed E-state index contributed by atoms with van der Waals surface area (Å²) in [6.07, 6.45) is -4.42. The van der Waals surface area contributed by atoms with Crippen LogP contribution in [0.4, 0.5) is 24.7 Å². The Morgan fingerprint density at radius 2 is 1.67 bits per heavy atom. The zero-order valence-electron chi connectivity index (χ0n) is 18.6. The number of hydrogen-bond donors (Lipinski definition) is 1. The Hall–Kier alpha value is -2.94. The molecule has 0 unspecified atom stereocenters. The largest absolute Gasteiger partial charge is 0.497 e. The van der Waals surface area contributed by atoms with Crippen LogP contribution < -0.4 is 19.5 Å². The van der Waals surface area contributed by atoms with Gasteiger partial charge in [-0.1, -0.05) is 18.2 Å². The highest BCUT2D eigenvalue weighted by atomic mass is 79.9. The fourth-order valence-electron chi connectivity index (χ4n) is 3.14. The van der Waals surface area contributed by atoms with Crippen molar-refractivity contribution in [2.45, 2.75) is 33.6 Å². The fourth-order valence-corrected chi connectivity index (χ4v) is 3.53. The van der Waals surface area contributed by atoms with Gasteiger partial charge in [0.25, 0.3) is 0 Å². The van der Waals surface area contributed by atoms with Gasteiger partial charge in [-0.3, -0.25) is 0 Å². The average Bonchev–Trinajstić information content (AvgIpc) is 2.77. The van der Waals surface area contributed by atoms with Gasteiger partial charge in [0, 0.05) is 11.3 Å². The third-order valence-electron chi connectivity index (χ3n) is 4.93. The van der Waals surface area contributed by atoms with Gasteiger partial charge in [0.2, 0.25) is 0 Å². The molecule has 1 heterocycles. The van der Waals surface area contributed by atoms with Crippen molar-refractivity contribution in [3.8, 4) is 17.2 Å². The fraction of sp³-hybridized carbons (Fsp3) is 0.292. The third kappa shape index (κ3) is 6.54. The number of halogens is 4. The molecule has 5 nitrogen and oxygen atoms in total. The molecule has 0 aliphatic heterocycles. The number of pyridine rings is 1. The lowest BCUT2D eigenvalue weighted by Gasteiger charge is -2.18. The van der Waals surface area contributed by atoms with E-state index in [-0.39, 0.29) is 5.75 Å². The van der Waals surface area contributed by atoms with Crippen LogP contribution in [0.5, 0.6) is 17.2 Å². The van der Waals surface area contributed by atoms with Crippen molar-refractivity contribution in [3.05, 3.63) is 69.3 Å². The molecule has 1 N–H and O–H groups in total. The first-order valence-electron chi connectivity index (χ1n) is 10.1. The van der Waals surface area contributed by atoms with Gasteiger partial charge in [0.05, 0.1) is 17.3 Å². The molecule has 0 amide bonds. The lowest BCUT2D eigenvalue weighted by atomic mass is 10.1. The molecule has 0 radical (unpaired) electrons. The highest BCUT2D eigenvalue weighted by molar-refractivity contribution is 9.10. The lowest BCUT2D eigenvalue weighted by Crippen LogP contribution is -2.19. The summed E-state index contributed by atoms with van der Waals surface area (Å²) in [5, 5.41) is 3.27. The second-order valence-corrected chi connectivity index (χ2v) is 8.30. The molecule has 0 fully saturated rings. The number of aryl methyl sites for hydroxylation is 2. The molecule has 0 bridgehead atoms. The molecular weight excluding hydrogens is 501 g/mol. The van der Waals surface area contributed by atoms with Crippen molar-refractivity contribution in [1.82, 2.24) is 4.98 Å². The average molecular weight is 525 g/mol.